The number of nitrogens with two attached hydrogens (primary N) is 1. The largest absolute Gasteiger partial charge is 0.394 e. The third-order valence-electron chi connectivity index (χ3n) is 1.98. The lowest BCUT2D eigenvalue weighted by Gasteiger charge is -2.08. The second-order valence-electron chi connectivity index (χ2n) is 3.16. The highest BCUT2D eigenvalue weighted by Gasteiger charge is 2.21. The van der Waals surface area contributed by atoms with Crippen molar-refractivity contribution in [1.29, 1.82) is 0 Å². The van der Waals surface area contributed by atoms with Crippen LogP contribution in [-0.4, -0.2) is 27.0 Å². The van der Waals surface area contributed by atoms with Gasteiger partial charge in [0.05, 0.1) is 0 Å². The molecule has 0 aliphatic carbocycles. The fraction of sp³-hybridized carbons (Fsp3) is 0.333. The summed E-state index contributed by atoms with van der Waals surface area (Å²) in [6.07, 6.45) is 1.81. The van der Waals surface area contributed by atoms with Crippen molar-refractivity contribution < 1.29 is 17.2 Å². The number of hydrogen-bond donors (Lipinski definition) is 2. The SMILES string of the molecule is CSCCNS(=O)(=O)c1ccc(F)c(N)c1F. The normalized spacial score (nSPS) is 11.7. The summed E-state index contributed by atoms with van der Waals surface area (Å²) >= 11 is 1.44. The second kappa shape index (κ2) is 5.65. The summed E-state index contributed by atoms with van der Waals surface area (Å²) in [7, 11) is -3.99. The predicted molar refractivity (Wildman–Crippen MR) is 64.3 cm³/mol. The van der Waals surface area contributed by atoms with Crippen LogP contribution in [-0.2, 0) is 10.0 Å². The van der Waals surface area contributed by atoms with Gasteiger partial charge >= 0.3 is 0 Å². The Morgan fingerprint density at radius 1 is 1.41 bits per heavy atom. The number of benzene rings is 1. The molecule has 1 aromatic rings. The Morgan fingerprint density at radius 2 is 2.06 bits per heavy atom. The number of halogens is 2. The maximum absolute atomic E-state index is 13.5. The minimum Gasteiger partial charge on any atom is -0.394 e. The Balaban J connectivity index is 3.04. The van der Waals surface area contributed by atoms with E-state index in [4.69, 9.17) is 5.73 Å². The standard InChI is InChI=1S/C9H12F2N2O2S2/c1-16-5-4-13-17(14,15)7-3-2-6(10)9(12)8(7)11/h2-3,13H,4-5,12H2,1H3. The van der Waals surface area contributed by atoms with Gasteiger partial charge in [-0.05, 0) is 18.4 Å². The molecule has 0 aromatic heterocycles. The zero-order chi connectivity index (χ0) is 13.1. The van der Waals surface area contributed by atoms with E-state index in [-0.39, 0.29) is 6.54 Å². The molecule has 0 heterocycles. The van der Waals surface area contributed by atoms with Crippen LogP contribution in [0, 0.1) is 11.6 Å². The highest BCUT2D eigenvalue weighted by Crippen LogP contribution is 2.22. The predicted octanol–water partition coefficient (Wildman–Crippen LogP) is 1.19. The maximum atomic E-state index is 13.5. The molecule has 0 atom stereocenters. The van der Waals surface area contributed by atoms with E-state index in [1.54, 1.807) is 0 Å². The number of hydrogen-bond acceptors (Lipinski definition) is 4. The fourth-order valence-electron chi connectivity index (χ4n) is 1.11. The van der Waals surface area contributed by atoms with Crippen LogP contribution in [0.3, 0.4) is 0 Å². The van der Waals surface area contributed by atoms with Gasteiger partial charge in [-0.3, -0.25) is 0 Å². The number of rotatable bonds is 5. The minimum absolute atomic E-state index is 0.167. The number of anilines is 1. The van der Waals surface area contributed by atoms with Gasteiger partial charge in [0.25, 0.3) is 0 Å². The second-order valence-corrected chi connectivity index (χ2v) is 5.88. The van der Waals surface area contributed by atoms with Crippen molar-refractivity contribution in [3.05, 3.63) is 23.8 Å². The lowest BCUT2D eigenvalue weighted by atomic mass is 10.3. The van der Waals surface area contributed by atoms with E-state index < -0.39 is 32.2 Å². The first-order valence-electron chi connectivity index (χ1n) is 4.62. The third-order valence-corrected chi connectivity index (χ3v) is 4.07. The van der Waals surface area contributed by atoms with Crippen LogP contribution < -0.4 is 10.5 Å². The smallest absolute Gasteiger partial charge is 0.243 e. The van der Waals surface area contributed by atoms with Crippen molar-refractivity contribution in [2.45, 2.75) is 4.90 Å². The molecule has 1 aromatic carbocycles. The quantitative estimate of drug-likeness (QED) is 0.628. The van der Waals surface area contributed by atoms with Gasteiger partial charge in [-0.1, -0.05) is 0 Å². The van der Waals surface area contributed by atoms with Crippen LogP contribution in [0.15, 0.2) is 17.0 Å². The molecule has 3 N–H and O–H groups in total. The van der Waals surface area contributed by atoms with Crippen molar-refractivity contribution in [3.63, 3.8) is 0 Å². The molecule has 96 valence electrons. The van der Waals surface area contributed by atoms with Gasteiger partial charge in [-0.2, -0.15) is 11.8 Å². The van der Waals surface area contributed by atoms with Gasteiger partial charge in [0.1, 0.15) is 16.4 Å². The molecule has 0 fully saturated rings. The van der Waals surface area contributed by atoms with Crippen LogP contribution in [0.4, 0.5) is 14.5 Å². The fourth-order valence-corrected chi connectivity index (χ4v) is 2.67. The molecule has 0 spiro atoms. The van der Waals surface area contributed by atoms with Crippen molar-refractivity contribution >= 4 is 27.5 Å². The van der Waals surface area contributed by atoms with Gasteiger partial charge in [0, 0.05) is 12.3 Å². The third kappa shape index (κ3) is 3.30. The Bertz CT molecular complexity index is 506. The Morgan fingerprint density at radius 3 is 2.65 bits per heavy atom. The molecular weight excluding hydrogens is 270 g/mol. The van der Waals surface area contributed by atoms with Crippen molar-refractivity contribution in [2.24, 2.45) is 0 Å². The van der Waals surface area contributed by atoms with Gasteiger partial charge in [-0.25, -0.2) is 21.9 Å². The zero-order valence-electron chi connectivity index (χ0n) is 9.04. The highest BCUT2D eigenvalue weighted by molar-refractivity contribution is 7.98. The van der Waals surface area contributed by atoms with Crippen molar-refractivity contribution in [1.82, 2.24) is 4.72 Å². The molecule has 0 saturated heterocycles. The van der Waals surface area contributed by atoms with Crippen molar-refractivity contribution in [2.75, 3.05) is 24.3 Å². The summed E-state index contributed by atoms with van der Waals surface area (Å²) in [5.74, 6) is -1.69. The summed E-state index contributed by atoms with van der Waals surface area (Å²) in [5, 5.41) is 0. The number of thioether (sulfide) groups is 1. The van der Waals surface area contributed by atoms with Gasteiger partial charge in [-0.15, -0.1) is 0 Å². The summed E-state index contributed by atoms with van der Waals surface area (Å²) in [5.41, 5.74) is 4.29. The van der Waals surface area contributed by atoms with E-state index in [0.29, 0.717) is 5.75 Å². The molecule has 0 amide bonds. The molecule has 0 bridgehead atoms. The molecule has 0 aliphatic heterocycles. The molecule has 8 heteroatoms. The summed E-state index contributed by atoms with van der Waals surface area (Å²) < 4.78 is 51.9. The first kappa shape index (κ1) is 14.2. The molecule has 17 heavy (non-hydrogen) atoms. The lowest BCUT2D eigenvalue weighted by molar-refractivity contribution is 0.549. The molecule has 0 aliphatic rings. The van der Waals surface area contributed by atoms with E-state index in [9.17, 15) is 17.2 Å². The molecule has 4 nitrogen and oxygen atoms in total. The highest BCUT2D eigenvalue weighted by atomic mass is 32.2. The Hall–Kier alpha value is -0.860. The maximum Gasteiger partial charge on any atom is 0.243 e. The van der Waals surface area contributed by atoms with E-state index in [2.05, 4.69) is 4.72 Å². The average Bonchev–Trinajstić information content (AvgIpc) is 2.26. The van der Waals surface area contributed by atoms with Crippen LogP contribution in [0.2, 0.25) is 0 Å². The number of nitrogen functional groups attached to an aromatic ring is 1. The Kier molecular flexibility index (Phi) is 4.72. The summed E-state index contributed by atoms with van der Waals surface area (Å²) in [6, 6.07) is 1.67. The van der Waals surface area contributed by atoms with E-state index in [0.717, 1.165) is 12.1 Å². The first-order chi connectivity index (χ1) is 7.90. The lowest BCUT2D eigenvalue weighted by Crippen LogP contribution is -2.27. The van der Waals surface area contributed by atoms with Gasteiger partial charge in [0.15, 0.2) is 5.82 Å². The molecule has 0 saturated carbocycles. The molecule has 1 rings (SSSR count). The number of sulfonamides is 1. The molecule has 0 radical (unpaired) electrons. The topological polar surface area (TPSA) is 72.2 Å². The van der Waals surface area contributed by atoms with E-state index in [1.807, 2.05) is 6.26 Å². The van der Waals surface area contributed by atoms with Gasteiger partial charge in [0.2, 0.25) is 10.0 Å². The monoisotopic (exact) mass is 282 g/mol. The molecular formula is C9H12F2N2O2S2. The van der Waals surface area contributed by atoms with Crippen LogP contribution in [0.25, 0.3) is 0 Å². The average molecular weight is 282 g/mol. The zero-order valence-corrected chi connectivity index (χ0v) is 10.7. The number of nitrogens with one attached hydrogen (secondary N) is 1. The molecule has 0 unspecified atom stereocenters. The summed E-state index contributed by atoms with van der Waals surface area (Å²) in [4.78, 5) is -0.641. The van der Waals surface area contributed by atoms with Gasteiger partial charge < -0.3 is 5.73 Å². The minimum atomic E-state index is -3.99. The summed E-state index contributed by atoms with van der Waals surface area (Å²) in [6.45, 7) is 0.167. The van der Waals surface area contributed by atoms with E-state index in [1.165, 1.54) is 11.8 Å². The van der Waals surface area contributed by atoms with Crippen LogP contribution in [0.1, 0.15) is 0 Å². The van der Waals surface area contributed by atoms with Crippen molar-refractivity contribution in [3.8, 4) is 0 Å². The van der Waals surface area contributed by atoms with Crippen LogP contribution >= 0.6 is 11.8 Å². The Labute approximate surface area is 103 Å². The first-order valence-corrected chi connectivity index (χ1v) is 7.50. The van der Waals surface area contributed by atoms with E-state index >= 15 is 0 Å². The van der Waals surface area contributed by atoms with Crippen LogP contribution in [0.5, 0.6) is 0 Å².